The standard InChI is InChI=1S/C25H24N2O5S/c1-3-20-22(24(30)31-2)23(27-18(13-21(28)29)15-33-25(27)26-20)17-10-7-11-19(12-17)32-14-16-8-5-4-6-9-16/h4-12,15,23H,3,13-14H2,1-2H3,(H,28,29). The maximum absolute atomic E-state index is 12.9. The van der Waals surface area contributed by atoms with Crippen LogP contribution in [0.1, 0.15) is 36.9 Å². The Hall–Kier alpha value is -3.52. The molecule has 0 spiro atoms. The fourth-order valence-electron chi connectivity index (χ4n) is 3.90. The van der Waals surface area contributed by atoms with Gasteiger partial charge in [-0.2, -0.15) is 0 Å². The summed E-state index contributed by atoms with van der Waals surface area (Å²) in [6, 6.07) is 16.8. The quantitative estimate of drug-likeness (QED) is 0.557. The maximum atomic E-state index is 12.9. The van der Waals surface area contributed by atoms with E-state index in [9.17, 15) is 14.7 Å². The molecule has 2 aliphatic heterocycles. The minimum absolute atomic E-state index is 0.178. The highest BCUT2D eigenvalue weighted by Crippen LogP contribution is 2.45. The van der Waals surface area contributed by atoms with E-state index in [2.05, 4.69) is 4.99 Å². The van der Waals surface area contributed by atoms with Gasteiger partial charge in [0.1, 0.15) is 12.4 Å². The minimum Gasteiger partial charge on any atom is -0.489 e. The molecule has 2 aromatic carbocycles. The Bertz CT molecular complexity index is 1160. The largest absolute Gasteiger partial charge is 0.489 e. The van der Waals surface area contributed by atoms with Gasteiger partial charge in [0.25, 0.3) is 0 Å². The first-order valence-corrected chi connectivity index (χ1v) is 11.4. The summed E-state index contributed by atoms with van der Waals surface area (Å²) in [5.74, 6) is -0.785. The molecule has 0 radical (unpaired) electrons. The van der Waals surface area contributed by atoms with E-state index in [1.54, 1.807) is 5.41 Å². The number of methoxy groups -OCH3 is 1. The first-order valence-electron chi connectivity index (χ1n) is 10.5. The van der Waals surface area contributed by atoms with Crippen molar-refractivity contribution in [1.82, 2.24) is 4.90 Å². The number of benzene rings is 2. The average molecular weight is 465 g/mol. The Morgan fingerprint density at radius 1 is 1.15 bits per heavy atom. The molecule has 4 rings (SSSR count). The number of thioether (sulfide) groups is 1. The summed E-state index contributed by atoms with van der Waals surface area (Å²) in [7, 11) is 1.34. The van der Waals surface area contributed by atoms with Gasteiger partial charge in [-0.05, 0) is 35.1 Å². The number of carboxylic acid groups (broad SMARTS) is 1. The summed E-state index contributed by atoms with van der Waals surface area (Å²) < 4.78 is 11.1. The molecule has 0 bridgehead atoms. The van der Waals surface area contributed by atoms with E-state index in [1.165, 1.54) is 18.9 Å². The second-order valence-electron chi connectivity index (χ2n) is 7.52. The number of carboxylic acids is 1. The molecule has 0 saturated heterocycles. The molecule has 2 heterocycles. The highest BCUT2D eigenvalue weighted by Gasteiger charge is 2.41. The van der Waals surface area contributed by atoms with Gasteiger partial charge in [-0.15, -0.1) is 0 Å². The van der Waals surface area contributed by atoms with Crippen LogP contribution in [0, 0.1) is 0 Å². The Morgan fingerprint density at radius 2 is 1.94 bits per heavy atom. The Morgan fingerprint density at radius 3 is 2.64 bits per heavy atom. The fourth-order valence-corrected chi connectivity index (χ4v) is 4.84. The van der Waals surface area contributed by atoms with Crippen molar-refractivity contribution in [2.24, 2.45) is 4.99 Å². The zero-order valence-corrected chi connectivity index (χ0v) is 19.2. The van der Waals surface area contributed by atoms with Gasteiger partial charge in [-0.1, -0.05) is 61.2 Å². The first kappa shape index (κ1) is 22.7. The van der Waals surface area contributed by atoms with E-state index in [1.807, 2.05) is 66.4 Å². The lowest BCUT2D eigenvalue weighted by atomic mass is 9.92. The topological polar surface area (TPSA) is 88.4 Å². The summed E-state index contributed by atoms with van der Waals surface area (Å²) in [5.41, 5.74) is 3.44. The number of esters is 1. The predicted molar refractivity (Wildman–Crippen MR) is 126 cm³/mol. The minimum atomic E-state index is -0.952. The van der Waals surface area contributed by atoms with Gasteiger partial charge in [-0.3, -0.25) is 4.79 Å². The van der Waals surface area contributed by atoms with Gasteiger partial charge >= 0.3 is 11.9 Å². The second kappa shape index (κ2) is 9.95. The van der Waals surface area contributed by atoms with Crippen LogP contribution < -0.4 is 4.74 Å². The van der Waals surface area contributed by atoms with Crippen LogP contribution in [0.2, 0.25) is 0 Å². The average Bonchev–Trinajstić information content (AvgIpc) is 3.23. The normalized spacial score (nSPS) is 17.3. The number of ether oxygens (including phenoxy) is 2. The summed E-state index contributed by atoms with van der Waals surface area (Å²) in [4.78, 5) is 30.9. The van der Waals surface area contributed by atoms with E-state index >= 15 is 0 Å². The number of aliphatic imine (C=N–C) groups is 1. The molecule has 0 aromatic heterocycles. The van der Waals surface area contributed by atoms with Crippen molar-refractivity contribution in [2.75, 3.05) is 7.11 Å². The number of fused-ring (bicyclic) bond motifs is 1. The molecule has 1 N–H and O–H groups in total. The Balaban J connectivity index is 1.73. The zero-order chi connectivity index (χ0) is 23.4. The number of carbonyl (C=O) groups excluding carboxylic acids is 1. The van der Waals surface area contributed by atoms with Gasteiger partial charge in [0.2, 0.25) is 0 Å². The number of hydrogen-bond acceptors (Lipinski definition) is 7. The molecule has 0 fully saturated rings. The van der Waals surface area contributed by atoms with E-state index in [0.717, 1.165) is 11.1 Å². The molecule has 8 heteroatoms. The molecule has 2 aliphatic rings. The first-order chi connectivity index (χ1) is 16.0. The van der Waals surface area contributed by atoms with Gasteiger partial charge in [-0.25, -0.2) is 9.79 Å². The van der Waals surface area contributed by atoms with Crippen LogP contribution in [0.25, 0.3) is 0 Å². The SMILES string of the molecule is CCC1=C(C(=O)OC)C(c2cccc(OCc3ccccc3)c2)N2C(CC(=O)O)=CSC2=N1. The van der Waals surface area contributed by atoms with Crippen molar-refractivity contribution in [1.29, 1.82) is 0 Å². The predicted octanol–water partition coefficient (Wildman–Crippen LogP) is 4.88. The lowest BCUT2D eigenvalue weighted by Gasteiger charge is -2.36. The third-order valence-corrected chi connectivity index (χ3v) is 6.27. The van der Waals surface area contributed by atoms with Crippen LogP contribution in [0.3, 0.4) is 0 Å². The smallest absolute Gasteiger partial charge is 0.338 e. The number of carbonyl (C=O) groups is 2. The zero-order valence-electron chi connectivity index (χ0n) is 18.4. The molecule has 33 heavy (non-hydrogen) atoms. The van der Waals surface area contributed by atoms with E-state index in [4.69, 9.17) is 9.47 Å². The molecule has 0 aliphatic carbocycles. The molecule has 0 amide bonds. The van der Waals surface area contributed by atoms with Crippen molar-refractivity contribution in [2.45, 2.75) is 32.4 Å². The van der Waals surface area contributed by atoms with Gasteiger partial charge in [0, 0.05) is 5.70 Å². The van der Waals surface area contributed by atoms with Crippen LogP contribution in [0.4, 0.5) is 0 Å². The lowest BCUT2D eigenvalue weighted by Crippen LogP contribution is -2.37. The van der Waals surface area contributed by atoms with Gasteiger partial charge < -0.3 is 19.5 Å². The van der Waals surface area contributed by atoms with Crippen LogP contribution >= 0.6 is 11.8 Å². The number of nitrogens with zero attached hydrogens (tertiary/aromatic N) is 2. The number of hydrogen-bond donors (Lipinski definition) is 1. The number of amidine groups is 1. The summed E-state index contributed by atoms with van der Waals surface area (Å²) in [5, 5.41) is 11.9. The monoisotopic (exact) mass is 464 g/mol. The highest BCUT2D eigenvalue weighted by molar-refractivity contribution is 8.16. The van der Waals surface area contributed by atoms with Crippen LogP contribution in [0.15, 0.2) is 82.0 Å². The Labute approximate surface area is 196 Å². The molecule has 2 aromatic rings. The molecule has 1 atom stereocenters. The molecular formula is C25H24N2O5S. The van der Waals surface area contributed by atoms with Gasteiger partial charge in [0.05, 0.1) is 30.8 Å². The van der Waals surface area contributed by atoms with E-state index in [-0.39, 0.29) is 6.42 Å². The number of rotatable bonds is 8. The third-order valence-electron chi connectivity index (χ3n) is 5.38. The van der Waals surface area contributed by atoms with E-state index in [0.29, 0.717) is 40.9 Å². The van der Waals surface area contributed by atoms with Gasteiger partial charge in [0.15, 0.2) is 5.17 Å². The van der Waals surface area contributed by atoms with Crippen molar-refractivity contribution in [3.8, 4) is 5.75 Å². The van der Waals surface area contributed by atoms with Crippen LogP contribution in [-0.4, -0.2) is 34.2 Å². The van der Waals surface area contributed by atoms with Crippen molar-refractivity contribution in [3.05, 3.63) is 88.1 Å². The maximum Gasteiger partial charge on any atom is 0.338 e. The number of aliphatic carboxylic acids is 1. The number of allylic oxidation sites excluding steroid dienone is 1. The molecule has 7 nitrogen and oxygen atoms in total. The molecule has 1 unspecified atom stereocenters. The van der Waals surface area contributed by atoms with Crippen molar-refractivity contribution in [3.63, 3.8) is 0 Å². The summed E-state index contributed by atoms with van der Waals surface area (Å²) in [6.07, 6.45) is 0.361. The fraction of sp³-hybridized carbons (Fsp3) is 0.240. The third kappa shape index (κ3) is 4.80. The van der Waals surface area contributed by atoms with Crippen LogP contribution in [0.5, 0.6) is 5.75 Å². The summed E-state index contributed by atoms with van der Waals surface area (Å²) >= 11 is 1.36. The molecule has 170 valence electrons. The second-order valence-corrected chi connectivity index (χ2v) is 8.35. The molecule has 0 saturated carbocycles. The van der Waals surface area contributed by atoms with Crippen LogP contribution in [-0.2, 0) is 20.9 Å². The summed E-state index contributed by atoms with van der Waals surface area (Å²) in [6.45, 7) is 2.34. The van der Waals surface area contributed by atoms with Crippen molar-refractivity contribution >= 4 is 28.9 Å². The molecular weight excluding hydrogens is 440 g/mol. The highest BCUT2D eigenvalue weighted by atomic mass is 32.2. The lowest BCUT2D eigenvalue weighted by molar-refractivity contribution is -0.137. The Kier molecular flexibility index (Phi) is 6.84. The van der Waals surface area contributed by atoms with E-state index < -0.39 is 18.0 Å². The van der Waals surface area contributed by atoms with Crippen molar-refractivity contribution < 1.29 is 24.2 Å².